The molecule has 0 bridgehead atoms. The van der Waals surface area contributed by atoms with E-state index in [-0.39, 0.29) is 11.8 Å². The molecule has 0 radical (unpaired) electrons. The van der Waals surface area contributed by atoms with Gasteiger partial charge in [0.15, 0.2) is 0 Å². The zero-order chi connectivity index (χ0) is 19.8. The van der Waals surface area contributed by atoms with Gasteiger partial charge in [-0.3, -0.25) is 4.79 Å². The molecule has 0 fully saturated rings. The second kappa shape index (κ2) is 7.32. The Morgan fingerprint density at radius 1 is 1.18 bits per heavy atom. The minimum atomic E-state index is -0.728. The van der Waals surface area contributed by atoms with E-state index in [2.05, 4.69) is 4.98 Å². The fourth-order valence-electron chi connectivity index (χ4n) is 4.08. The second-order valence-corrected chi connectivity index (χ2v) is 7.32. The monoisotopic (exact) mass is 396 g/mol. The van der Waals surface area contributed by atoms with E-state index in [0.29, 0.717) is 6.42 Å². The minimum Gasteiger partial charge on any atom is -0.467 e. The van der Waals surface area contributed by atoms with Gasteiger partial charge in [0, 0.05) is 23.0 Å². The lowest BCUT2D eigenvalue weighted by atomic mass is 9.87. The van der Waals surface area contributed by atoms with E-state index < -0.39 is 18.1 Å². The molecule has 6 heteroatoms. The van der Waals surface area contributed by atoms with E-state index >= 15 is 0 Å². The molecule has 4 rings (SSSR count). The molecule has 1 aliphatic heterocycles. The zero-order valence-electron chi connectivity index (χ0n) is 15.7. The maximum absolute atomic E-state index is 12.8. The number of amides is 1. The number of carbonyl (C=O) groups excluding carboxylic acids is 2. The molecule has 0 aliphatic carbocycles. The van der Waals surface area contributed by atoms with Gasteiger partial charge in [-0.15, -0.1) is 11.6 Å². The Labute approximate surface area is 168 Å². The molecule has 3 aromatic rings. The lowest BCUT2D eigenvalue weighted by Crippen LogP contribution is -2.52. The van der Waals surface area contributed by atoms with E-state index in [1.807, 2.05) is 55.5 Å². The molecule has 0 saturated carbocycles. The van der Waals surface area contributed by atoms with Gasteiger partial charge in [0.1, 0.15) is 11.9 Å². The number of benzene rings is 2. The first-order chi connectivity index (χ1) is 13.5. The van der Waals surface area contributed by atoms with Crippen molar-refractivity contribution in [1.82, 2.24) is 9.88 Å². The number of esters is 1. The van der Waals surface area contributed by atoms with Crippen LogP contribution in [0.1, 0.15) is 28.4 Å². The van der Waals surface area contributed by atoms with Gasteiger partial charge in [0.05, 0.1) is 13.2 Å². The van der Waals surface area contributed by atoms with Crippen LogP contribution >= 0.6 is 11.6 Å². The highest BCUT2D eigenvalue weighted by Crippen LogP contribution is 2.41. The Balaban J connectivity index is 1.98. The third-order valence-electron chi connectivity index (χ3n) is 5.40. The molecule has 2 aromatic carbocycles. The summed E-state index contributed by atoms with van der Waals surface area (Å²) < 4.78 is 5.04. The minimum absolute atomic E-state index is 0.203. The summed E-state index contributed by atoms with van der Waals surface area (Å²) in [6.45, 7) is 2.01. The number of nitrogens with one attached hydrogen (secondary N) is 1. The number of rotatable bonds is 3. The highest BCUT2D eigenvalue weighted by atomic mass is 35.5. The van der Waals surface area contributed by atoms with E-state index in [4.69, 9.17) is 16.3 Å². The van der Waals surface area contributed by atoms with Crippen LogP contribution in [-0.4, -0.2) is 40.8 Å². The van der Waals surface area contributed by atoms with Crippen molar-refractivity contribution >= 4 is 34.4 Å². The van der Waals surface area contributed by atoms with Crippen molar-refractivity contribution in [2.75, 3.05) is 13.0 Å². The number of aromatic amines is 1. The van der Waals surface area contributed by atoms with Crippen LogP contribution in [0.15, 0.2) is 48.5 Å². The van der Waals surface area contributed by atoms with Gasteiger partial charge in [0.2, 0.25) is 5.91 Å². The van der Waals surface area contributed by atoms with Crippen LogP contribution in [0.4, 0.5) is 0 Å². The van der Waals surface area contributed by atoms with Crippen molar-refractivity contribution in [1.29, 1.82) is 0 Å². The maximum Gasteiger partial charge on any atom is 0.328 e. The van der Waals surface area contributed by atoms with Crippen LogP contribution in [0.25, 0.3) is 10.9 Å². The van der Waals surface area contributed by atoms with Crippen molar-refractivity contribution in [3.8, 4) is 0 Å². The van der Waals surface area contributed by atoms with Gasteiger partial charge < -0.3 is 14.6 Å². The Hall–Kier alpha value is -2.79. The predicted molar refractivity (Wildman–Crippen MR) is 108 cm³/mol. The molecule has 5 nitrogen and oxygen atoms in total. The van der Waals surface area contributed by atoms with Crippen LogP contribution in [0.5, 0.6) is 0 Å². The first-order valence-electron chi connectivity index (χ1n) is 9.16. The predicted octanol–water partition coefficient (Wildman–Crippen LogP) is 3.73. The lowest BCUT2D eigenvalue weighted by Gasteiger charge is -2.40. The average Bonchev–Trinajstić information content (AvgIpc) is 3.10. The van der Waals surface area contributed by atoms with Crippen LogP contribution in [0.3, 0.4) is 0 Å². The Kier molecular flexibility index (Phi) is 4.85. The number of ether oxygens (including phenoxy) is 1. The lowest BCUT2D eigenvalue weighted by molar-refractivity contribution is -0.154. The molecule has 1 aliphatic rings. The van der Waals surface area contributed by atoms with Crippen molar-refractivity contribution in [2.45, 2.75) is 25.4 Å². The molecule has 0 saturated heterocycles. The van der Waals surface area contributed by atoms with E-state index in [1.165, 1.54) is 7.11 Å². The number of hydrogen-bond donors (Lipinski definition) is 1. The molecule has 2 atom stereocenters. The number of aryl methyl sites for hydroxylation is 1. The third-order valence-corrected chi connectivity index (χ3v) is 5.63. The molecule has 28 heavy (non-hydrogen) atoms. The van der Waals surface area contributed by atoms with Crippen LogP contribution in [0, 0.1) is 6.92 Å². The quantitative estimate of drug-likeness (QED) is 0.542. The molecular weight excluding hydrogens is 376 g/mol. The molecule has 2 heterocycles. The number of methoxy groups -OCH3 is 1. The first kappa shape index (κ1) is 18.6. The number of fused-ring (bicyclic) bond motifs is 3. The number of H-pyrrole nitrogens is 1. The average molecular weight is 397 g/mol. The van der Waals surface area contributed by atoms with E-state index in [9.17, 15) is 9.59 Å². The zero-order valence-corrected chi connectivity index (χ0v) is 16.5. The van der Waals surface area contributed by atoms with Gasteiger partial charge in [-0.2, -0.15) is 0 Å². The van der Waals surface area contributed by atoms with E-state index in [1.54, 1.807) is 4.90 Å². The van der Waals surface area contributed by atoms with Crippen LogP contribution < -0.4 is 0 Å². The summed E-state index contributed by atoms with van der Waals surface area (Å²) in [5.41, 5.74) is 4.98. The third kappa shape index (κ3) is 2.96. The van der Waals surface area contributed by atoms with Crippen LogP contribution in [0.2, 0.25) is 0 Å². The number of aromatic nitrogens is 1. The molecule has 2 unspecified atom stereocenters. The van der Waals surface area contributed by atoms with Crippen molar-refractivity contribution in [3.05, 3.63) is 70.9 Å². The topological polar surface area (TPSA) is 62.4 Å². The number of nitrogens with zero attached hydrogens (tertiary/aromatic N) is 1. The summed E-state index contributed by atoms with van der Waals surface area (Å²) >= 11 is 5.93. The Morgan fingerprint density at radius 3 is 2.57 bits per heavy atom. The molecule has 1 amide bonds. The number of para-hydroxylation sites is 1. The number of hydrogen-bond acceptors (Lipinski definition) is 3. The highest BCUT2D eigenvalue weighted by Gasteiger charge is 2.43. The first-order valence-corrected chi connectivity index (χ1v) is 9.69. The number of alkyl halides is 1. The summed E-state index contributed by atoms with van der Waals surface area (Å²) in [6.07, 6.45) is 0.386. The van der Waals surface area contributed by atoms with Gasteiger partial charge >= 0.3 is 5.97 Å². The second-order valence-electron chi connectivity index (χ2n) is 7.05. The number of halogens is 1. The van der Waals surface area contributed by atoms with Gasteiger partial charge in [-0.25, -0.2) is 4.79 Å². The summed E-state index contributed by atoms with van der Waals surface area (Å²) in [7, 11) is 1.34. The van der Waals surface area contributed by atoms with Crippen molar-refractivity contribution in [2.24, 2.45) is 0 Å². The van der Waals surface area contributed by atoms with E-state index in [0.717, 1.165) is 33.3 Å². The molecular formula is C22H21ClN2O3. The van der Waals surface area contributed by atoms with Gasteiger partial charge in [0.25, 0.3) is 0 Å². The molecule has 1 aromatic heterocycles. The summed E-state index contributed by atoms with van der Waals surface area (Å²) in [5.74, 6) is -0.940. The SMILES string of the molecule is COC(=O)C1Cc2c([nH]c3ccccc23)C(c2ccc(C)cc2)N1C(=O)CCl. The molecule has 1 N–H and O–H groups in total. The van der Waals surface area contributed by atoms with Crippen molar-refractivity contribution in [3.63, 3.8) is 0 Å². The summed E-state index contributed by atoms with van der Waals surface area (Å²) in [4.78, 5) is 30.5. The fourth-order valence-corrected chi connectivity index (χ4v) is 4.22. The Bertz CT molecular complexity index is 1040. The van der Waals surface area contributed by atoms with Crippen LogP contribution in [-0.2, 0) is 20.7 Å². The maximum atomic E-state index is 12.8. The largest absolute Gasteiger partial charge is 0.467 e. The van der Waals surface area contributed by atoms with Gasteiger partial charge in [-0.05, 0) is 24.1 Å². The summed E-state index contributed by atoms with van der Waals surface area (Å²) in [5, 5.41) is 1.06. The fraction of sp³-hybridized carbons (Fsp3) is 0.273. The molecule has 0 spiro atoms. The highest BCUT2D eigenvalue weighted by molar-refractivity contribution is 6.27. The number of carbonyl (C=O) groups is 2. The van der Waals surface area contributed by atoms with Crippen molar-refractivity contribution < 1.29 is 14.3 Å². The normalized spacial score (nSPS) is 18.8. The molecule has 144 valence electrons. The standard InChI is InChI=1S/C22H21ClN2O3/c1-13-7-9-14(10-8-13)21-20-16(15-5-3-4-6-17(15)24-20)11-18(22(27)28-2)25(21)19(26)12-23/h3-10,18,21,24H,11-12H2,1-2H3. The Morgan fingerprint density at radius 2 is 1.89 bits per heavy atom. The smallest absolute Gasteiger partial charge is 0.328 e. The van der Waals surface area contributed by atoms with Gasteiger partial charge in [-0.1, -0.05) is 48.0 Å². The summed E-state index contributed by atoms with van der Waals surface area (Å²) in [6, 6.07) is 14.8.